The quantitative estimate of drug-likeness (QED) is 0.758. The van der Waals surface area contributed by atoms with Crippen molar-refractivity contribution in [1.29, 1.82) is 0 Å². The van der Waals surface area contributed by atoms with Gasteiger partial charge in [0.15, 0.2) is 0 Å². The second-order valence-corrected chi connectivity index (χ2v) is 5.71. The Hall–Kier alpha value is -1.96. The summed E-state index contributed by atoms with van der Waals surface area (Å²) < 4.78 is 3.79. The average molecular weight is 275 g/mol. The summed E-state index contributed by atoms with van der Waals surface area (Å²) in [4.78, 5) is 9.57. The molecule has 0 saturated carbocycles. The highest BCUT2D eigenvalue weighted by Crippen LogP contribution is 2.22. The maximum absolute atomic E-state index is 4.49. The standard InChI is InChI=1S/C11H13N7S/c1-7-4-18-11(14-7)19-10(16-18)15-8-2-3-9-12-6-13-17(9)5-8/h4,6,8H,2-3,5H2,1H3,(H,15,16). The number of fused-ring (bicyclic) bond motifs is 2. The molecular formula is C11H13N7S. The SMILES string of the molecule is Cc1cn2nc(NC3CCc4ncnn4C3)sc2n1. The first-order chi connectivity index (χ1) is 9.28. The highest BCUT2D eigenvalue weighted by molar-refractivity contribution is 7.20. The second-order valence-electron chi connectivity index (χ2n) is 4.75. The van der Waals surface area contributed by atoms with Gasteiger partial charge in [-0.25, -0.2) is 19.2 Å². The molecule has 1 N–H and O–H groups in total. The molecular weight excluding hydrogens is 262 g/mol. The third kappa shape index (κ3) is 1.88. The third-order valence-electron chi connectivity index (χ3n) is 3.30. The fourth-order valence-electron chi connectivity index (χ4n) is 2.40. The lowest BCUT2D eigenvalue weighted by Gasteiger charge is -2.22. The molecule has 0 bridgehead atoms. The van der Waals surface area contributed by atoms with Crippen LogP contribution in [0.25, 0.3) is 4.96 Å². The van der Waals surface area contributed by atoms with E-state index in [-0.39, 0.29) is 0 Å². The Morgan fingerprint density at radius 2 is 2.42 bits per heavy atom. The zero-order valence-corrected chi connectivity index (χ0v) is 11.3. The molecule has 4 rings (SSSR count). The number of imidazole rings is 1. The molecule has 19 heavy (non-hydrogen) atoms. The van der Waals surface area contributed by atoms with Gasteiger partial charge in [0.25, 0.3) is 0 Å². The first-order valence-electron chi connectivity index (χ1n) is 6.24. The Labute approximate surface area is 113 Å². The molecule has 98 valence electrons. The van der Waals surface area contributed by atoms with Crippen molar-refractivity contribution in [3.8, 4) is 0 Å². The van der Waals surface area contributed by atoms with E-state index in [1.54, 1.807) is 17.7 Å². The van der Waals surface area contributed by atoms with E-state index in [1.807, 2.05) is 22.3 Å². The molecule has 7 nitrogen and oxygen atoms in total. The average Bonchev–Trinajstić information content (AvgIpc) is 3.02. The predicted octanol–water partition coefficient (Wildman–Crippen LogP) is 1.12. The molecule has 1 aliphatic rings. The van der Waals surface area contributed by atoms with E-state index < -0.39 is 0 Å². The van der Waals surface area contributed by atoms with Crippen molar-refractivity contribution in [2.75, 3.05) is 5.32 Å². The van der Waals surface area contributed by atoms with Crippen LogP contribution in [0.5, 0.6) is 0 Å². The lowest BCUT2D eigenvalue weighted by Crippen LogP contribution is -2.31. The fraction of sp³-hybridized carbons (Fsp3) is 0.455. The second kappa shape index (κ2) is 4.02. The topological polar surface area (TPSA) is 72.9 Å². The maximum Gasteiger partial charge on any atom is 0.214 e. The van der Waals surface area contributed by atoms with Crippen LogP contribution in [0, 0.1) is 6.92 Å². The van der Waals surface area contributed by atoms with Crippen LogP contribution in [0.1, 0.15) is 17.9 Å². The summed E-state index contributed by atoms with van der Waals surface area (Å²) in [6.07, 6.45) is 5.57. The molecule has 1 atom stereocenters. The third-order valence-corrected chi connectivity index (χ3v) is 4.15. The molecule has 0 aliphatic carbocycles. The zero-order valence-electron chi connectivity index (χ0n) is 10.4. The van der Waals surface area contributed by atoms with Gasteiger partial charge in [-0.1, -0.05) is 11.3 Å². The molecule has 0 amide bonds. The fourth-order valence-corrected chi connectivity index (χ4v) is 3.30. The van der Waals surface area contributed by atoms with Gasteiger partial charge in [-0.05, 0) is 13.3 Å². The molecule has 0 spiro atoms. The summed E-state index contributed by atoms with van der Waals surface area (Å²) in [5.74, 6) is 1.07. The van der Waals surface area contributed by atoms with Crippen molar-refractivity contribution in [3.05, 3.63) is 24.0 Å². The van der Waals surface area contributed by atoms with Crippen LogP contribution in [0.15, 0.2) is 12.5 Å². The molecule has 0 radical (unpaired) electrons. The van der Waals surface area contributed by atoms with Gasteiger partial charge in [-0.15, -0.1) is 5.10 Å². The molecule has 4 heterocycles. The van der Waals surface area contributed by atoms with Crippen molar-refractivity contribution in [3.63, 3.8) is 0 Å². The van der Waals surface area contributed by atoms with E-state index in [2.05, 4.69) is 25.5 Å². The van der Waals surface area contributed by atoms with Gasteiger partial charge < -0.3 is 5.32 Å². The minimum Gasteiger partial charge on any atom is -0.355 e. The van der Waals surface area contributed by atoms with Gasteiger partial charge in [0, 0.05) is 12.5 Å². The van der Waals surface area contributed by atoms with Crippen LogP contribution in [0.3, 0.4) is 0 Å². The first-order valence-corrected chi connectivity index (χ1v) is 7.05. The number of nitrogens with one attached hydrogen (secondary N) is 1. The Morgan fingerprint density at radius 1 is 1.47 bits per heavy atom. The zero-order chi connectivity index (χ0) is 12.8. The lowest BCUT2D eigenvalue weighted by atomic mass is 10.1. The van der Waals surface area contributed by atoms with E-state index in [4.69, 9.17) is 0 Å². The van der Waals surface area contributed by atoms with E-state index in [0.29, 0.717) is 6.04 Å². The van der Waals surface area contributed by atoms with Crippen molar-refractivity contribution in [2.45, 2.75) is 32.4 Å². The summed E-state index contributed by atoms with van der Waals surface area (Å²) in [5, 5.41) is 13.1. The number of aryl methyl sites for hydroxylation is 2. The van der Waals surface area contributed by atoms with Gasteiger partial charge in [-0.3, -0.25) is 0 Å². The molecule has 3 aromatic heterocycles. The number of hydrogen-bond acceptors (Lipinski definition) is 6. The van der Waals surface area contributed by atoms with Crippen LogP contribution >= 0.6 is 11.3 Å². The van der Waals surface area contributed by atoms with Crippen molar-refractivity contribution >= 4 is 21.4 Å². The monoisotopic (exact) mass is 275 g/mol. The van der Waals surface area contributed by atoms with Crippen LogP contribution in [-0.2, 0) is 13.0 Å². The molecule has 3 aromatic rings. The van der Waals surface area contributed by atoms with E-state index in [9.17, 15) is 0 Å². The molecule has 0 saturated heterocycles. The maximum atomic E-state index is 4.49. The van der Waals surface area contributed by atoms with Gasteiger partial charge in [0.2, 0.25) is 10.1 Å². The summed E-state index contributed by atoms with van der Waals surface area (Å²) in [7, 11) is 0. The number of rotatable bonds is 2. The molecule has 0 fully saturated rings. The van der Waals surface area contributed by atoms with Gasteiger partial charge in [0.05, 0.1) is 18.4 Å². The summed E-state index contributed by atoms with van der Waals surface area (Å²) in [5.41, 5.74) is 0.996. The Kier molecular flexibility index (Phi) is 2.31. The van der Waals surface area contributed by atoms with Crippen LogP contribution < -0.4 is 5.32 Å². The highest BCUT2D eigenvalue weighted by atomic mass is 32.1. The van der Waals surface area contributed by atoms with Crippen molar-refractivity contribution in [1.82, 2.24) is 29.4 Å². The van der Waals surface area contributed by atoms with E-state index >= 15 is 0 Å². The van der Waals surface area contributed by atoms with Crippen molar-refractivity contribution in [2.24, 2.45) is 0 Å². The first kappa shape index (κ1) is 10.9. The normalized spacial score (nSPS) is 18.7. The highest BCUT2D eigenvalue weighted by Gasteiger charge is 2.20. The number of nitrogens with zero attached hydrogens (tertiary/aromatic N) is 6. The van der Waals surface area contributed by atoms with Crippen LogP contribution in [-0.4, -0.2) is 35.4 Å². The molecule has 0 aromatic carbocycles. The molecule has 1 unspecified atom stereocenters. The van der Waals surface area contributed by atoms with E-state index in [0.717, 1.165) is 41.0 Å². The summed E-state index contributed by atoms with van der Waals surface area (Å²) >= 11 is 1.58. The Morgan fingerprint density at radius 3 is 3.32 bits per heavy atom. The van der Waals surface area contributed by atoms with E-state index in [1.165, 1.54) is 0 Å². The lowest BCUT2D eigenvalue weighted by molar-refractivity contribution is 0.441. The van der Waals surface area contributed by atoms with Gasteiger partial charge in [-0.2, -0.15) is 5.10 Å². The largest absolute Gasteiger partial charge is 0.355 e. The minimum atomic E-state index is 0.353. The van der Waals surface area contributed by atoms with Crippen LogP contribution in [0.2, 0.25) is 0 Å². The van der Waals surface area contributed by atoms with Gasteiger partial charge >= 0.3 is 0 Å². The summed E-state index contributed by atoms with van der Waals surface area (Å²) in [6, 6.07) is 0.353. The predicted molar refractivity (Wildman–Crippen MR) is 71.4 cm³/mol. The molecule has 8 heteroatoms. The molecule has 1 aliphatic heterocycles. The summed E-state index contributed by atoms with van der Waals surface area (Å²) in [6.45, 7) is 2.82. The smallest absolute Gasteiger partial charge is 0.214 e. The number of hydrogen-bond donors (Lipinski definition) is 1. The number of anilines is 1. The number of aromatic nitrogens is 6. The van der Waals surface area contributed by atoms with Gasteiger partial charge in [0.1, 0.15) is 12.2 Å². The Balaban J connectivity index is 1.54. The van der Waals surface area contributed by atoms with Crippen LogP contribution in [0.4, 0.5) is 5.13 Å². The van der Waals surface area contributed by atoms with Crippen molar-refractivity contribution < 1.29 is 0 Å². The minimum absolute atomic E-state index is 0.353. The Bertz CT molecular complexity index is 693.